The fourth-order valence-corrected chi connectivity index (χ4v) is 4.59. The lowest BCUT2D eigenvalue weighted by Crippen LogP contribution is -2.58. The van der Waals surface area contributed by atoms with E-state index in [0.29, 0.717) is 19.8 Å². The topological polar surface area (TPSA) is 27.7 Å². The average Bonchev–Trinajstić information content (AvgIpc) is 2.47. The SMILES string of the molecule is CCCO[Si](OCCC)(OCCC)c1ccc(F)cc1F. The highest BCUT2D eigenvalue weighted by molar-refractivity contribution is 6.75. The fraction of sp³-hybridized carbons (Fsp3) is 0.600. The van der Waals surface area contributed by atoms with Gasteiger partial charge in [0.2, 0.25) is 0 Å². The zero-order valence-corrected chi connectivity index (χ0v) is 14.0. The van der Waals surface area contributed by atoms with Crippen molar-refractivity contribution in [3.8, 4) is 0 Å². The monoisotopic (exact) mass is 318 g/mol. The first-order chi connectivity index (χ1) is 10.1. The minimum Gasteiger partial charge on any atom is -0.370 e. The van der Waals surface area contributed by atoms with Gasteiger partial charge in [-0.3, -0.25) is 0 Å². The molecule has 0 amide bonds. The van der Waals surface area contributed by atoms with Crippen molar-refractivity contribution >= 4 is 14.0 Å². The normalized spacial score (nSPS) is 11.9. The van der Waals surface area contributed by atoms with Crippen LogP contribution in [0, 0.1) is 11.6 Å². The van der Waals surface area contributed by atoms with E-state index in [4.69, 9.17) is 13.3 Å². The second-order valence-corrected chi connectivity index (χ2v) is 7.24. The van der Waals surface area contributed by atoms with Crippen molar-refractivity contribution in [1.29, 1.82) is 0 Å². The maximum absolute atomic E-state index is 14.2. The Morgan fingerprint density at radius 1 is 0.857 bits per heavy atom. The zero-order valence-electron chi connectivity index (χ0n) is 13.0. The highest BCUT2D eigenvalue weighted by atomic mass is 28.4. The number of benzene rings is 1. The molecule has 0 fully saturated rings. The number of hydrogen-bond acceptors (Lipinski definition) is 3. The Hall–Kier alpha value is -0.823. The summed E-state index contributed by atoms with van der Waals surface area (Å²) in [6.07, 6.45) is 2.30. The van der Waals surface area contributed by atoms with E-state index in [-0.39, 0.29) is 5.19 Å². The molecule has 0 saturated carbocycles. The van der Waals surface area contributed by atoms with E-state index in [0.717, 1.165) is 25.3 Å². The Kier molecular flexibility index (Phi) is 8.03. The predicted molar refractivity (Wildman–Crippen MR) is 80.5 cm³/mol. The number of rotatable bonds is 10. The Bertz CT molecular complexity index is 408. The van der Waals surface area contributed by atoms with Crippen molar-refractivity contribution in [1.82, 2.24) is 0 Å². The lowest BCUT2D eigenvalue weighted by molar-refractivity contribution is 0.0725. The molecule has 0 radical (unpaired) electrons. The molecule has 1 rings (SSSR count). The van der Waals surface area contributed by atoms with Gasteiger partial charge in [0.1, 0.15) is 11.6 Å². The molecule has 120 valence electrons. The molecule has 3 nitrogen and oxygen atoms in total. The second-order valence-electron chi connectivity index (χ2n) is 4.73. The predicted octanol–water partition coefficient (Wildman–Crippen LogP) is 3.39. The molecule has 0 N–H and O–H groups in total. The van der Waals surface area contributed by atoms with Crippen LogP contribution in [0.2, 0.25) is 0 Å². The van der Waals surface area contributed by atoms with Crippen molar-refractivity contribution < 1.29 is 22.1 Å². The van der Waals surface area contributed by atoms with E-state index >= 15 is 0 Å². The molecule has 0 atom stereocenters. The van der Waals surface area contributed by atoms with E-state index in [1.165, 1.54) is 12.1 Å². The summed E-state index contributed by atoms with van der Waals surface area (Å²) in [6.45, 7) is 7.11. The lowest BCUT2D eigenvalue weighted by atomic mass is 10.3. The van der Waals surface area contributed by atoms with Gasteiger partial charge >= 0.3 is 8.80 Å². The Morgan fingerprint density at radius 2 is 1.33 bits per heavy atom. The summed E-state index contributed by atoms with van der Waals surface area (Å²) in [4.78, 5) is 0. The second kappa shape index (κ2) is 9.25. The molecule has 6 heteroatoms. The smallest absolute Gasteiger partial charge is 0.370 e. The van der Waals surface area contributed by atoms with Gasteiger partial charge in [-0.15, -0.1) is 0 Å². The van der Waals surface area contributed by atoms with Crippen LogP contribution in [0.3, 0.4) is 0 Å². The van der Waals surface area contributed by atoms with E-state index in [2.05, 4.69) is 0 Å². The van der Waals surface area contributed by atoms with Crippen molar-refractivity contribution in [3.05, 3.63) is 29.8 Å². The van der Waals surface area contributed by atoms with Crippen LogP contribution >= 0.6 is 0 Å². The van der Waals surface area contributed by atoms with Gasteiger partial charge in [-0.25, -0.2) is 8.78 Å². The third-order valence-corrected chi connectivity index (χ3v) is 5.57. The van der Waals surface area contributed by atoms with Crippen LogP contribution in [0.25, 0.3) is 0 Å². The van der Waals surface area contributed by atoms with Crippen molar-refractivity contribution in [2.24, 2.45) is 0 Å². The van der Waals surface area contributed by atoms with E-state index in [9.17, 15) is 8.78 Å². The molecule has 0 spiro atoms. The molecule has 0 aliphatic carbocycles. The number of hydrogen-bond donors (Lipinski definition) is 0. The van der Waals surface area contributed by atoms with Crippen LogP contribution in [0.1, 0.15) is 40.0 Å². The van der Waals surface area contributed by atoms with Crippen molar-refractivity contribution in [3.63, 3.8) is 0 Å². The molecule has 0 aromatic heterocycles. The summed E-state index contributed by atoms with van der Waals surface area (Å²) in [5, 5.41) is 0.208. The van der Waals surface area contributed by atoms with Gasteiger partial charge in [0.25, 0.3) is 0 Å². The average molecular weight is 318 g/mol. The summed E-state index contributed by atoms with van der Waals surface area (Å²) >= 11 is 0. The molecule has 0 unspecified atom stereocenters. The Labute approximate surface area is 126 Å². The molecule has 0 saturated heterocycles. The molecule has 1 aromatic carbocycles. The van der Waals surface area contributed by atoms with Gasteiger partial charge < -0.3 is 13.3 Å². The summed E-state index contributed by atoms with van der Waals surface area (Å²) < 4.78 is 44.8. The first kappa shape index (κ1) is 18.2. The van der Waals surface area contributed by atoms with Gasteiger partial charge in [-0.2, -0.15) is 0 Å². The molecule has 0 aliphatic rings. The van der Waals surface area contributed by atoms with E-state index in [1.807, 2.05) is 20.8 Å². The Morgan fingerprint density at radius 3 is 1.71 bits per heavy atom. The van der Waals surface area contributed by atoms with Gasteiger partial charge in [0.15, 0.2) is 0 Å². The largest absolute Gasteiger partial charge is 0.540 e. The van der Waals surface area contributed by atoms with Crippen molar-refractivity contribution in [2.75, 3.05) is 19.8 Å². The fourth-order valence-electron chi connectivity index (χ4n) is 1.81. The summed E-state index contributed by atoms with van der Waals surface area (Å²) in [6, 6.07) is 3.43. The van der Waals surface area contributed by atoms with Crippen LogP contribution < -0.4 is 5.19 Å². The quantitative estimate of drug-likeness (QED) is 0.619. The molecule has 0 heterocycles. The minimum absolute atomic E-state index is 0.208. The van der Waals surface area contributed by atoms with Gasteiger partial charge in [0, 0.05) is 25.9 Å². The van der Waals surface area contributed by atoms with Gasteiger partial charge in [-0.1, -0.05) is 20.8 Å². The van der Waals surface area contributed by atoms with Crippen LogP contribution in [-0.2, 0) is 13.3 Å². The standard InChI is InChI=1S/C15H24F2O3Si/c1-4-9-18-21(19-10-5-2,20-11-6-3)15-8-7-13(16)12-14(15)17/h7-8,12H,4-6,9-11H2,1-3H3. The van der Waals surface area contributed by atoms with Crippen molar-refractivity contribution in [2.45, 2.75) is 40.0 Å². The number of halogens is 2. The zero-order chi connectivity index (χ0) is 15.7. The van der Waals surface area contributed by atoms with Crippen LogP contribution in [0.4, 0.5) is 8.78 Å². The minimum atomic E-state index is -3.34. The maximum atomic E-state index is 14.2. The van der Waals surface area contributed by atoms with E-state index < -0.39 is 20.4 Å². The first-order valence-corrected chi connectivity index (χ1v) is 9.19. The molecule has 0 bridgehead atoms. The summed E-state index contributed by atoms with van der Waals surface area (Å²) in [5.41, 5.74) is 0. The molecule has 0 aliphatic heterocycles. The molecular weight excluding hydrogens is 294 g/mol. The third-order valence-electron chi connectivity index (χ3n) is 2.75. The van der Waals surface area contributed by atoms with Crippen LogP contribution in [0.15, 0.2) is 18.2 Å². The van der Waals surface area contributed by atoms with Gasteiger partial charge in [0.05, 0.1) is 5.19 Å². The summed E-state index contributed by atoms with van der Waals surface area (Å²) in [7, 11) is -3.34. The highest BCUT2D eigenvalue weighted by Crippen LogP contribution is 2.15. The molecule has 1 aromatic rings. The highest BCUT2D eigenvalue weighted by Gasteiger charge is 2.46. The summed E-state index contributed by atoms with van der Waals surface area (Å²) in [5.74, 6) is -1.30. The maximum Gasteiger partial charge on any atom is 0.540 e. The lowest BCUT2D eigenvalue weighted by Gasteiger charge is -2.30. The van der Waals surface area contributed by atoms with Crippen LogP contribution in [0.5, 0.6) is 0 Å². The molecular formula is C15H24F2O3Si. The molecule has 21 heavy (non-hydrogen) atoms. The van der Waals surface area contributed by atoms with E-state index in [1.54, 1.807) is 0 Å². The first-order valence-electron chi connectivity index (χ1n) is 7.47. The third kappa shape index (κ3) is 5.14. The van der Waals surface area contributed by atoms with Gasteiger partial charge in [-0.05, 0) is 31.4 Å². The Balaban J connectivity index is 3.15. The van der Waals surface area contributed by atoms with Crippen LogP contribution in [-0.4, -0.2) is 28.6 Å².